The van der Waals surface area contributed by atoms with Gasteiger partial charge in [0, 0.05) is 55.9 Å². The molecule has 0 bridgehead atoms. The topological polar surface area (TPSA) is 86.5 Å². The number of aromatic nitrogens is 1. The molecule has 156 valence electrons. The summed E-state index contributed by atoms with van der Waals surface area (Å²) in [5.74, 6) is 0.0112. The molecule has 2 aliphatic heterocycles. The Kier molecular flexibility index (Phi) is 6.34. The van der Waals surface area contributed by atoms with Crippen LogP contribution in [0.15, 0.2) is 30.5 Å². The molecule has 29 heavy (non-hydrogen) atoms. The molecule has 2 aromatic rings. The van der Waals surface area contributed by atoms with Crippen LogP contribution in [-0.2, 0) is 16.0 Å². The Morgan fingerprint density at radius 3 is 2.69 bits per heavy atom. The summed E-state index contributed by atoms with van der Waals surface area (Å²) in [4.78, 5) is 31.1. The number of fused-ring (bicyclic) bond motifs is 1. The number of urea groups is 1. The zero-order valence-electron chi connectivity index (χ0n) is 16.8. The zero-order valence-corrected chi connectivity index (χ0v) is 16.8. The molecule has 7 nitrogen and oxygen atoms in total. The van der Waals surface area contributed by atoms with Crippen molar-refractivity contribution in [2.75, 3.05) is 26.3 Å². The predicted molar refractivity (Wildman–Crippen MR) is 112 cm³/mol. The monoisotopic (exact) mass is 398 g/mol. The van der Waals surface area contributed by atoms with Gasteiger partial charge in [-0.3, -0.25) is 4.79 Å². The lowest BCUT2D eigenvalue weighted by molar-refractivity contribution is -0.134. The fraction of sp³-hybridized carbons (Fsp3) is 0.545. The van der Waals surface area contributed by atoms with E-state index in [1.54, 1.807) is 0 Å². The van der Waals surface area contributed by atoms with Crippen molar-refractivity contribution in [3.8, 4) is 0 Å². The first kappa shape index (κ1) is 19.8. The first-order valence-electron chi connectivity index (χ1n) is 10.7. The summed E-state index contributed by atoms with van der Waals surface area (Å²) >= 11 is 0. The van der Waals surface area contributed by atoms with E-state index in [0.29, 0.717) is 19.6 Å². The van der Waals surface area contributed by atoms with Gasteiger partial charge in [-0.15, -0.1) is 0 Å². The molecule has 3 N–H and O–H groups in total. The maximum atomic E-state index is 13.2. The van der Waals surface area contributed by atoms with Crippen molar-refractivity contribution in [2.24, 2.45) is 0 Å². The summed E-state index contributed by atoms with van der Waals surface area (Å²) in [6.07, 6.45) is 7.25. The van der Waals surface area contributed by atoms with Gasteiger partial charge in [-0.25, -0.2) is 4.79 Å². The van der Waals surface area contributed by atoms with E-state index < -0.39 is 6.04 Å². The Morgan fingerprint density at radius 1 is 1.14 bits per heavy atom. The van der Waals surface area contributed by atoms with Crippen molar-refractivity contribution in [1.82, 2.24) is 20.5 Å². The summed E-state index contributed by atoms with van der Waals surface area (Å²) in [7, 11) is 0. The number of carbonyl (C=O) groups excluding carboxylic acids is 2. The van der Waals surface area contributed by atoms with E-state index in [0.717, 1.165) is 61.7 Å². The van der Waals surface area contributed by atoms with Gasteiger partial charge in [0.05, 0.1) is 0 Å². The van der Waals surface area contributed by atoms with Crippen LogP contribution in [0, 0.1) is 0 Å². The lowest BCUT2D eigenvalue weighted by Crippen LogP contribution is -2.55. The number of ether oxygens (including phenoxy) is 1. The first-order chi connectivity index (χ1) is 14.2. The molecular weight excluding hydrogens is 368 g/mol. The number of nitrogens with zero attached hydrogens (tertiary/aromatic N) is 1. The van der Waals surface area contributed by atoms with E-state index in [1.807, 2.05) is 35.4 Å². The highest BCUT2D eigenvalue weighted by molar-refractivity contribution is 5.89. The van der Waals surface area contributed by atoms with Crippen LogP contribution in [0.2, 0.25) is 0 Å². The lowest BCUT2D eigenvalue weighted by atomic mass is 10.0. The number of H-pyrrole nitrogens is 1. The van der Waals surface area contributed by atoms with E-state index in [1.165, 1.54) is 0 Å². The average molecular weight is 399 g/mol. The number of carbonyl (C=O) groups is 2. The van der Waals surface area contributed by atoms with Crippen molar-refractivity contribution in [2.45, 2.75) is 50.6 Å². The second kappa shape index (κ2) is 9.31. The van der Waals surface area contributed by atoms with Crippen LogP contribution in [-0.4, -0.2) is 60.2 Å². The molecule has 4 rings (SSSR count). The number of nitrogens with one attached hydrogen (secondary N) is 3. The molecule has 2 saturated heterocycles. The van der Waals surface area contributed by atoms with Gasteiger partial charge >= 0.3 is 6.03 Å². The summed E-state index contributed by atoms with van der Waals surface area (Å²) in [5, 5.41) is 7.08. The minimum atomic E-state index is -0.577. The standard InChI is InChI=1S/C22H30N4O3/c27-21(26-10-4-1-5-11-26)20(25-22(28)24-17-8-12-29-13-9-17)14-16-15-23-19-7-3-2-6-18(16)19/h2-3,6-7,15,17,20,23H,1,4-5,8-14H2,(H2,24,25,28). The molecular formula is C22H30N4O3. The van der Waals surface area contributed by atoms with Crippen LogP contribution < -0.4 is 10.6 Å². The molecule has 0 radical (unpaired) electrons. The smallest absolute Gasteiger partial charge is 0.315 e. The van der Waals surface area contributed by atoms with Gasteiger partial charge in [-0.2, -0.15) is 0 Å². The number of hydrogen-bond donors (Lipinski definition) is 3. The SMILES string of the molecule is O=C(NC1CCOCC1)NC(Cc1c[nH]c2ccccc12)C(=O)N1CCCCC1. The van der Waals surface area contributed by atoms with E-state index in [9.17, 15) is 9.59 Å². The van der Waals surface area contributed by atoms with Crippen LogP contribution >= 0.6 is 0 Å². The van der Waals surface area contributed by atoms with Gasteiger partial charge in [-0.1, -0.05) is 18.2 Å². The Balaban J connectivity index is 1.48. The van der Waals surface area contributed by atoms with Gasteiger partial charge in [0.15, 0.2) is 0 Å². The molecule has 1 aromatic heterocycles. The Hall–Kier alpha value is -2.54. The van der Waals surface area contributed by atoms with Crippen LogP contribution in [0.4, 0.5) is 4.79 Å². The summed E-state index contributed by atoms with van der Waals surface area (Å²) in [5.41, 5.74) is 2.08. The van der Waals surface area contributed by atoms with Crippen molar-refractivity contribution in [3.05, 3.63) is 36.0 Å². The fourth-order valence-corrected chi connectivity index (χ4v) is 4.28. The van der Waals surface area contributed by atoms with Crippen molar-refractivity contribution < 1.29 is 14.3 Å². The second-order valence-corrected chi connectivity index (χ2v) is 8.01. The number of aromatic amines is 1. The van der Waals surface area contributed by atoms with Gasteiger partial charge < -0.3 is 25.3 Å². The molecule has 1 atom stereocenters. The minimum Gasteiger partial charge on any atom is -0.381 e. The van der Waals surface area contributed by atoms with E-state index in [-0.39, 0.29) is 18.0 Å². The first-order valence-corrected chi connectivity index (χ1v) is 10.7. The third-order valence-electron chi connectivity index (χ3n) is 5.93. The molecule has 2 aliphatic rings. The normalized spacial score (nSPS) is 19.1. The highest BCUT2D eigenvalue weighted by Gasteiger charge is 2.28. The number of likely N-dealkylation sites (tertiary alicyclic amines) is 1. The largest absolute Gasteiger partial charge is 0.381 e. The molecule has 1 aromatic carbocycles. The highest BCUT2D eigenvalue weighted by Crippen LogP contribution is 2.20. The summed E-state index contributed by atoms with van der Waals surface area (Å²) < 4.78 is 5.35. The highest BCUT2D eigenvalue weighted by atomic mass is 16.5. The summed E-state index contributed by atoms with van der Waals surface area (Å²) in [6.45, 7) is 2.87. The maximum Gasteiger partial charge on any atom is 0.315 e. The van der Waals surface area contributed by atoms with Gasteiger partial charge in [0.25, 0.3) is 0 Å². The number of piperidine rings is 1. The number of benzene rings is 1. The quantitative estimate of drug-likeness (QED) is 0.724. The molecule has 3 amide bonds. The van der Waals surface area contributed by atoms with Crippen molar-refractivity contribution in [1.29, 1.82) is 0 Å². The summed E-state index contributed by atoms with van der Waals surface area (Å²) in [6, 6.07) is 7.30. The van der Waals surface area contributed by atoms with Crippen LogP contribution in [0.1, 0.15) is 37.7 Å². The zero-order chi connectivity index (χ0) is 20.1. The maximum absolute atomic E-state index is 13.2. The predicted octanol–water partition coefficient (Wildman–Crippen LogP) is 2.57. The van der Waals surface area contributed by atoms with Crippen LogP contribution in [0.3, 0.4) is 0 Å². The average Bonchev–Trinajstić information content (AvgIpc) is 3.17. The third-order valence-corrected chi connectivity index (χ3v) is 5.93. The lowest BCUT2D eigenvalue weighted by Gasteiger charge is -2.31. The van der Waals surface area contributed by atoms with E-state index in [2.05, 4.69) is 15.6 Å². The Bertz CT molecular complexity index is 837. The molecule has 1 unspecified atom stereocenters. The Labute approximate surface area is 171 Å². The van der Waals surface area contributed by atoms with Gasteiger partial charge in [0.2, 0.25) is 5.91 Å². The molecule has 0 saturated carbocycles. The Morgan fingerprint density at radius 2 is 1.90 bits per heavy atom. The minimum absolute atomic E-state index is 0.0112. The number of hydrogen-bond acceptors (Lipinski definition) is 3. The van der Waals surface area contributed by atoms with E-state index >= 15 is 0 Å². The molecule has 7 heteroatoms. The second-order valence-electron chi connectivity index (χ2n) is 8.01. The van der Waals surface area contributed by atoms with Crippen LogP contribution in [0.25, 0.3) is 10.9 Å². The number of amides is 3. The fourth-order valence-electron chi connectivity index (χ4n) is 4.28. The third kappa shape index (κ3) is 4.90. The van der Waals surface area contributed by atoms with E-state index in [4.69, 9.17) is 4.74 Å². The van der Waals surface area contributed by atoms with Crippen molar-refractivity contribution in [3.63, 3.8) is 0 Å². The van der Waals surface area contributed by atoms with Gasteiger partial charge in [-0.05, 0) is 43.7 Å². The molecule has 3 heterocycles. The molecule has 0 spiro atoms. The van der Waals surface area contributed by atoms with Gasteiger partial charge in [0.1, 0.15) is 6.04 Å². The number of para-hydroxylation sites is 1. The molecule has 0 aliphatic carbocycles. The molecule has 2 fully saturated rings. The van der Waals surface area contributed by atoms with Crippen LogP contribution in [0.5, 0.6) is 0 Å². The van der Waals surface area contributed by atoms with Crippen molar-refractivity contribution >= 4 is 22.8 Å². The number of rotatable bonds is 5.